The number of carbonyl (C=O) groups excluding carboxylic acids is 3. The van der Waals surface area contributed by atoms with Gasteiger partial charge in [-0.15, -0.1) is 11.8 Å². The van der Waals surface area contributed by atoms with Crippen molar-refractivity contribution in [3.63, 3.8) is 0 Å². The smallest absolute Gasteiger partial charge is 0.305 e. The minimum atomic E-state index is -0.439. The normalized spacial score (nSPS) is 30.8. The molecule has 4 fully saturated rings. The number of hydrogen-bond acceptors (Lipinski definition) is 7. The lowest BCUT2D eigenvalue weighted by Crippen LogP contribution is -2.42. The summed E-state index contributed by atoms with van der Waals surface area (Å²) >= 11 is 2.84. The van der Waals surface area contributed by atoms with E-state index in [0.717, 1.165) is 54.2 Å². The van der Waals surface area contributed by atoms with Gasteiger partial charge in [-0.3, -0.25) is 24.1 Å². The maximum Gasteiger partial charge on any atom is 0.305 e. The maximum absolute atomic E-state index is 13.9. The molecule has 3 aromatic rings. The van der Waals surface area contributed by atoms with Crippen molar-refractivity contribution in [2.24, 2.45) is 29.6 Å². The lowest BCUT2D eigenvalue weighted by Gasteiger charge is -2.43. The molecule has 2 saturated carbocycles. The van der Waals surface area contributed by atoms with Gasteiger partial charge in [0, 0.05) is 29.1 Å². The fourth-order valence-corrected chi connectivity index (χ4v) is 11.3. The molecule has 7 atom stereocenters. The number of amides is 3. The van der Waals surface area contributed by atoms with Crippen LogP contribution in [0.15, 0.2) is 58.4 Å². The zero-order valence-electron chi connectivity index (χ0n) is 23.2. The van der Waals surface area contributed by atoms with E-state index in [2.05, 4.69) is 4.98 Å². The minimum Gasteiger partial charge on any atom is -0.484 e. The van der Waals surface area contributed by atoms with Crippen LogP contribution in [0.4, 0.5) is 10.1 Å². The van der Waals surface area contributed by atoms with Crippen molar-refractivity contribution < 1.29 is 23.5 Å². The third-order valence-corrected chi connectivity index (χ3v) is 12.7. The lowest BCUT2D eigenvalue weighted by atomic mass is 9.68. The van der Waals surface area contributed by atoms with Crippen LogP contribution in [0.3, 0.4) is 0 Å². The predicted molar refractivity (Wildman–Crippen MR) is 160 cm³/mol. The summed E-state index contributed by atoms with van der Waals surface area (Å²) in [6, 6.07) is 13.3. The Morgan fingerprint density at radius 3 is 2.49 bits per heavy atom. The summed E-state index contributed by atoms with van der Waals surface area (Å²) in [5.41, 5.74) is 1.38. The second-order valence-corrected chi connectivity index (χ2v) is 14.5. The molecule has 8 nitrogen and oxygen atoms in total. The Morgan fingerprint density at radius 2 is 1.72 bits per heavy atom. The van der Waals surface area contributed by atoms with E-state index in [0.29, 0.717) is 11.4 Å². The molecule has 2 saturated heterocycles. The van der Waals surface area contributed by atoms with Gasteiger partial charge in [-0.1, -0.05) is 23.5 Å². The molecule has 8 rings (SSSR count). The molecule has 0 spiro atoms. The molecule has 3 amide bonds. The second kappa shape index (κ2) is 10.3. The molecule has 4 heterocycles. The highest BCUT2D eigenvalue weighted by Crippen LogP contribution is 2.68. The molecular weight excluding hydrogens is 590 g/mol. The number of nitrogens with zero attached hydrogens (tertiary/aromatic N) is 2. The van der Waals surface area contributed by atoms with E-state index in [1.54, 1.807) is 11.8 Å². The Labute approximate surface area is 255 Å². The molecule has 2 aliphatic carbocycles. The summed E-state index contributed by atoms with van der Waals surface area (Å²) < 4.78 is 19.6. The van der Waals surface area contributed by atoms with Gasteiger partial charge >= 0.3 is 4.87 Å². The van der Waals surface area contributed by atoms with Gasteiger partial charge in [-0.05, 0) is 85.4 Å². The average Bonchev–Trinajstić information content (AvgIpc) is 3.76. The number of anilines is 1. The molecule has 43 heavy (non-hydrogen) atoms. The number of thiazole rings is 1. The van der Waals surface area contributed by atoms with Crippen molar-refractivity contribution in [2.45, 2.75) is 41.9 Å². The van der Waals surface area contributed by atoms with E-state index in [1.165, 1.54) is 40.5 Å². The van der Waals surface area contributed by atoms with E-state index in [4.69, 9.17) is 4.74 Å². The van der Waals surface area contributed by atoms with Crippen LogP contribution in [-0.4, -0.2) is 52.6 Å². The fraction of sp³-hybridized carbons (Fsp3) is 0.438. The molecule has 0 unspecified atom stereocenters. The van der Waals surface area contributed by atoms with Crippen molar-refractivity contribution >= 4 is 46.5 Å². The summed E-state index contributed by atoms with van der Waals surface area (Å²) in [5.74, 6) is -1.25. The second-order valence-electron chi connectivity index (χ2n) is 12.3. The van der Waals surface area contributed by atoms with Crippen molar-refractivity contribution in [2.75, 3.05) is 24.6 Å². The van der Waals surface area contributed by atoms with Gasteiger partial charge in [-0.2, -0.15) is 0 Å². The third-order valence-electron chi connectivity index (χ3n) is 10.1. The third kappa shape index (κ3) is 4.29. The number of nitrogens with one attached hydrogen (secondary N) is 1. The Hall–Kier alpha value is -3.44. The summed E-state index contributed by atoms with van der Waals surface area (Å²) in [6.45, 7) is 1.51. The Morgan fingerprint density at radius 1 is 0.977 bits per heavy atom. The summed E-state index contributed by atoms with van der Waals surface area (Å²) in [4.78, 5) is 59.9. The molecular formula is C32H30FN3O5S2. The van der Waals surface area contributed by atoms with E-state index >= 15 is 0 Å². The standard InChI is InChI=1S/C32H30FN3O5S2/c33-17-7-9-18(10-8-17)36-30(38)25-20-14-21(26(25)31(36)39)27-24(20)23(28-29(42-27)34-32(40)43-28)16-5-4-6-19(13-16)41-15-22(37)35-11-2-1-3-12-35/h4-10,13,20-21,23-27H,1-3,11-12,14-15H2,(H,34,40)/t20-,21-,23+,24-,25+,26+,27-/m1/s1. The van der Waals surface area contributed by atoms with Gasteiger partial charge in [0.15, 0.2) is 6.61 Å². The number of aromatic nitrogens is 1. The molecule has 1 N–H and O–H groups in total. The maximum atomic E-state index is 13.9. The van der Waals surface area contributed by atoms with Crippen molar-refractivity contribution in [1.82, 2.24) is 9.88 Å². The van der Waals surface area contributed by atoms with Crippen LogP contribution in [0.2, 0.25) is 0 Å². The average molecular weight is 620 g/mol. The Kier molecular flexibility index (Phi) is 6.52. The van der Waals surface area contributed by atoms with Gasteiger partial charge in [0.05, 0.1) is 22.5 Å². The molecule has 1 aromatic heterocycles. The number of piperidine rings is 1. The van der Waals surface area contributed by atoms with Crippen LogP contribution in [0.1, 0.15) is 42.0 Å². The number of likely N-dealkylation sites (tertiary alicyclic amines) is 1. The molecule has 3 aliphatic heterocycles. The number of halogens is 1. The topological polar surface area (TPSA) is 99.8 Å². The first kappa shape index (κ1) is 27.1. The van der Waals surface area contributed by atoms with Crippen molar-refractivity contribution in [1.29, 1.82) is 0 Å². The Balaban J connectivity index is 1.11. The van der Waals surface area contributed by atoms with Gasteiger partial charge in [-0.25, -0.2) is 4.39 Å². The predicted octanol–water partition coefficient (Wildman–Crippen LogP) is 4.64. The molecule has 222 valence electrons. The number of carbonyl (C=O) groups is 3. The fourth-order valence-electron chi connectivity index (χ4n) is 8.41. The SMILES string of the molecule is O=C(COc1cccc([C@@H]2c3sc(=O)[nH]c3S[C@@H]3[C@@H]4C[C@@H]([C@@H]5C(=O)N(c6ccc(F)cc6)C(=O)[C@@H]45)[C@H]23)c1)N1CCCCC1. The molecule has 5 aliphatic rings. The first-order valence-electron chi connectivity index (χ1n) is 14.9. The number of imide groups is 1. The number of ether oxygens (including phenoxy) is 1. The van der Waals surface area contributed by atoms with Crippen LogP contribution in [-0.2, 0) is 14.4 Å². The number of benzene rings is 2. The first-order chi connectivity index (χ1) is 20.9. The zero-order valence-corrected chi connectivity index (χ0v) is 24.9. The number of thioether (sulfide) groups is 1. The van der Waals surface area contributed by atoms with Gasteiger partial charge in [0.25, 0.3) is 5.91 Å². The monoisotopic (exact) mass is 619 g/mol. The van der Waals surface area contributed by atoms with E-state index in [9.17, 15) is 23.6 Å². The lowest BCUT2D eigenvalue weighted by molar-refractivity contribution is -0.134. The molecule has 2 bridgehead atoms. The largest absolute Gasteiger partial charge is 0.484 e. The van der Waals surface area contributed by atoms with Crippen LogP contribution in [0.25, 0.3) is 0 Å². The quantitative estimate of drug-likeness (QED) is 0.418. The van der Waals surface area contributed by atoms with E-state index in [-0.39, 0.29) is 58.1 Å². The number of fused-ring (bicyclic) bond motifs is 9. The van der Waals surface area contributed by atoms with Gasteiger partial charge in [0.1, 0.15) is 11.6 Å². The number of hydrogen-bond donors (Lipinski definition) is 1. The molecule has 2 aromatic carbocycles. The Bertz CT molecular complexity index is 1680. The van der Waals surface area contributed by atoms with Crippen molar-refractivity contribution in [3.8, 4) is 5.75 Å². The number of rotatable bonds is 5. The zero-order chi connectivity index (χ0) is 29.4. The number of H-pyrrole nitrogens is 1. The molecule has 11 heteroatoms. The summed E-state index contributed by atoms with van der Waals surface area (Å²) in [7, 11) is 0. The van der Waals surface area contributed by atoms with Gasteiger partial charge < -0.3 is 14.6 Å². The van der Waals surface area contributed by atoms with Crippen LogP contribution < -0.4 is 14.5 Å². The van der Waals surface area contributed by atoms with E-state index in [1.807, 2.05) is 29.2 Å². The van der Waals surface area contributed by atoms with Gasteiger partial charge in [0.2, 0.25) is 11.8 Å². The highest BCUT2D eigenvalue weighted by Gasteiger charge is 2.69. The highest BCUT2D eigenvalue weighted by molar-refractivity contribution is 8.00. The van der Waals surface area contributed by atoms with Crippen LogP contribution in [0.5, 0.6) is 5.75 Å². The molecule has 0 radical (unpaired) electrons. The van der Waals surface area contributed by atoms with Crippen LogP contribution >= 0.6 is 23.1 Å². The summed E-state index contributed by atoms with van der Waals surface area (Å²) in [5, 5.41) is 0.897. The number of aromatic amines is 1. The summed E-state index contributed by atoms with van der Waals surface area (Å²) in [6.07, 6.45) is 3.97. The minimum absolute atomic E-state index is 0.00690. The first-order valence-corrected chi connectivity index (χ1v) is 16.6. The van der Waals surface area contributed by atoms with Crippen molar-refractivity contribution in [3.05, 3.63) is 74.5 Å². The van der Waals surface area contributed by atoms with Crippen LogP contribution in [0, 0.1) is 35.4 Å². The van der Waals surface area contributed by atoms with E-state index < -0.39 is 17.7 Å². The highest BCUT2D eigenvalue weighted by atomic mass is 32.2.